The van der Waals surface area contributed by atoms with Crippen molar-refractivity contribution in [2.75, 3.05) is 5.32 Å². The van der Waals surface area contributed by atoms with Gasteiger partial charge in [-0.2, -0.15) is 0 Å². The monoisotopic (exact) mass is 337 g/mol. The van der Waals surface area contributed by atoms with E-state index in [-0.39, 0.29) is 17.5 Å². The second-order valence-electron chi connectivity index (χ2n) is 4.07. The van der Waals surface area contributed by atoms with E-state index < -0.39 is 0 Å². The number of carbonyl (C=O) groups is 1. The Bertz CT molecular complexity index is 679. The van der Waals surface area contributed by atoms with E-state index in [0.717, 1.165) is 5.56 Å². The Morgan fingerprint density at radius 1 is 1.40 bits per heavy atom. The van der Waals surface area contributed by atoms with Gasteiger partial charge in [-0.3, -0.25) is 4.79 Å². The summed E-state index contributed by atoms with van der Waals surface area (Å²) < 4.78 is 5.65. The van der Waals surface area contributed by atoms with Gasteiger partial charge in [0, 0.05) is 11.3 Å². The van der Waals surface area contributed by atoms with Gasteiger partial charge in [0.15, 0.2) is 16.3 Å². The number of nitrogens with two attached hydrogens (primary N) is 1. The Kier molecular flexibility index (Phi) is 4.09. The van der Waals surface area contributed by atoms with Crippen molar-refractivity contribution in [2.45, 2.75) is 6.92 Å². The third kappa shape index (κ3) is 3.00. The summed E-state index contributed by atoms with van der Waals surface area (Å²) in [7, 11) is 0. The maximum atomic E-state index is 12.0. The summed E-state index contributed by atoms with van der Waals surface area (Å²) in [5.74, 6) is -0.220. The van der Waals surface area contributed by atoms with Crippen LogP contribution < -0.4 is 11.1 Å². The number of benzene rings is 1. The maximum Gasteiger partial charge on any atom is 0.291 e. The number of oxime groups is 1. The number of aryl methyl sites for hydroxylation is 1. The second-order valence-corrected chi connectivity index (χ2v) is 4.85. The normalized spacial score (nSPS) is 11.4. The predicted molar refractivity (Wildman–Crippen MR) is 78.1 cm³/mol. The van der Waals surface area contributed by atoms with Gasteiger partial charge in [-0.25, -0.2) is 0 Å². The van der Waals surface area contributed by atoms with Crippen molar-refractivity contribution < 1.29 is 14.4 Å². The van der Waals surface area contributed by atoms with Gasteiger partial charge in [-0.15, -0.1) is 0 Å². The lowest BCUT2D eigenvalue weighted by molar-refractivity contribution is 0.0995. The molecule has 0 aliphatic heterocycles. The molecule has 6 nitrogen and oxygen atoms in total. The number of hydrogen-bond donors (Lipinski definition) is 3. The van der Waals surface area contributed by atoms with E-state index in [1.165, 1.54) is 0 Å². The largest absolute Gasteiger partial charge is 0.444 e. The molecule has 4 N–H and O–H groups in total. The molecule has 7 heteroatoms. The van der Waals surface area contributed by atoms with Crippen LogP contribution >= 0.6 is 15.9 Å². The number of carbonyl (C=O) groups excluding carboxylic acids is 1. The molecule has 0 saturated heterocycles. The first-order valence-corrected chi connectivity index (χ1v) is 6.46. The first-order chi connectivity index (χ1) is 9.51. The van der Waals surface area contributed by atoms with E-state index in [1.807, 2.05) is 6.92 Å². The zero-order chi connectivity index (χ0) is 14.7. The minimum Gasteiger partial charge on any atom is -0.444 e. The average Bonchev–Trinajstić information content (AvgIpc) is 2.87. The second kappa shape index (κ2) is 5.79. The SMILES string of the molecule is Cc1ccc(C(N)=NO)cc1NC(=O)c1ccc(Br)o1. The first kappa shape index (κ1) is 14.1. The van der Waals surface area contributed by atoms with Gasteiger partial charge in [0.25, 0.3) is 5.91 Å². The number of nitrogens with zero attached hydrogens (tertiary/aromatic N) is 1. The summed E-state index contributed by atoms with van der Waals surface area (Å²) in [4.78, 5) is 12.0. The standard InChI is InChI=1S/C13H12BrN3O3/c1-7-2-3-8(12(15)17-19)6-9(7)16-13(18)10-4-5-11(14)20-10/h2-6,19H,1H3,(H2,15,17)(H,16,18). The van der Waals surface area contributed by atoms with Gasteiger partial charge >= 0.3 is 0 Å². The Morgan fingerprint density at radius 2 is 2.15 bits per heavy atom. The number of nitrogens with one attached hydrogen (secondary N) is 1. The highest BCUT2D eigenvalue weighted by atomic mass is 79.9. The molecule has 2 rings (SSSR count). The lowest BCUT2D eigenvalue weighted by Crippen LogP contribution is -2.16. The number of hydrogen-bond acceptors (Lipinski definition) is 4. The third-order valence-corrected chi connectivity index (χ3v) is 3.11. The lowest BCUT2D eigenvalue weighted by Gasteiger charge is -2.09. The van der Waals surface area contributed by atoms with Crippen LogP contribution in [-0.2, 0) is 0 Å². The molecule has 20 heavy (non-hydrogen) atoms. The van der Waals surface area contributed by atoms with Gasteiger partial charge in [0.1, 0.15) is 0 Å². The van der Waals surface area contributed by atoms with Crippen molar-refractivity contribution in [3.63, 3.8) is 0 Å². The Balaban J connectivity index is 2.26. The molecule has 104 valence electrons. The molecule has 1 aromatic carbocycles. The topological polar surface area (TPSA) is 101 Å². The molecule has 0 aliphatic rings. The van der Waals surface area contributed by atoms with Crippen LogP contribution in [0.5, 0.6) is 0 Å². The zero-order valence-electron chi connectivity index (χ0n) is 10.6. The number of halogens is 1. The van der Waals surface area contributed by atoms with Crippen molar-refractivity contribution >= 4 is 33.4 Å². The molecule has 0 saturated carbocycles. The molecule has 0 spiro atoms. The van der Waals surface area contributed by atoms with Gasteiger partial charge in [-0.1, -0.05) is 17.3 Å². The van der Waals surface area contributed by atoms with E-state index in [1.54, 1.807) is 30.3 Å². The number of amidine groups is 1. The summed E-state index contributed by atoms with van der Waals surface area (Å²) in [6.45, 7) is 1.84. The van der Waals surface area contributed by atoms with E-state index in [0.29, 0.717) is 15.9 Å². The van der Waals surface area contributed by atoms with Crippen molar-refractivity contribution in [3.05, 3.63) is 51.9 Å². The molecule has 0 fully saturated rings. The van der Waals surface area contributed by atoms with Crippen LogP contribution in [0.25, 0.3) is 0 Å². The number of amides is 1. The van der Waals surface area contributed by atoms with E-state index in [4.69, 9.17) is 15.4 Å². The molecule has 2 aromatic rings. The van der Waals surface area contributed by atoms with Gasteiger partial charge in [0.05, 0.1) is 0 Å². The minimum atomic E-state index is -0.379. The van der Waals surface area contributed by atoms with Crippen LogP contribution in [-0.4, -0.2) is 17.0 Å². The van der Waals surface area contributed by atoms with Crippen LogP contribution in [0.1, 0.15) is 21.7 Å². The maximum absolute atomic E-state index is 12.0. The third-order valence-electron chi connectivity index (χ3n) is 2.69. The van der Waals surface area contributed by atoms with Crippen molar-refractivity contribution in [2.24, 2.45) is 10.9 Å². The van der Waals surface area contributed by atoms with Crippen molar-refractivity contribution in [1.29, 1.82) is 0 Å². The van der Waals surface area contributed by atoms with E-state index in [2.05, 4.69) is 26.4 Å². The van der Waals surface area contributed by atoms with Crippen LogP contribution in [0, 0.1) is 6.92 Å². The molecule has 1 heterocycles. The first-order valence-electron chi connectivity index (χ1n) is 5.66. The highest BCUT2D eigenvalue weighted by molar-refractivity contribution is 9.10. The number of anilines is 1. The van der Waals surface area contributed by atoms with Gasteiger partial charge in [-0.05, 0) is 46.6 Å². The van der Waals surface area contributed by atoms with Gasteiger partial charge in [0.2, 0.25) is 0 Å². The Hall–Kier alpha value is -2.28. The minimum absolute atomic E-state index is 0.0266. The fourth-order valence-corrected chi connectivity index (χ4v) is 1.90. The predicted octanol–water partition coefficient (Wildman–Crippen LogP) is 2.70. The quantitative estimate of drug-likeness (QED) is 0.347. The van der Waals surface area contributed by atoms with E-state index in [9.17, 15) is 4.79 Å². The zero-order valence-corrected chi connectivity index (χ0v) is 12.1. The van der Waals surface area contributed by atoms with Crippen molar-refractivity contribution in [1.82, 2.24) is 0 Å². The van der Waals surface area contributed by atoms with Crippen LogP contribution in [0.4, 0.5) is 5.69 Å². The van der Waals surface area contributed by atoms with Crippen molar-refractivity contribution in [3.8, 4) is 0 Å². The van der Waals surface area contributed by atoms with E-state index >= 15 is 0 Å². The fourth-order valence-electron chi connectivity index (χ4n) is 1.59. The van der Waals surface area contributed by atoms with Crippen LogP contribution in [0.15, 0.2) is 44.6 Å². The van der Waals surface area contributed by atoms with Gasteiger partial charge < -0.3 is 20.7 Å². The molecular formula is C13H12BrN3O3. The molecule has 1 aromatic heterocycles. The lowest BCUT2D eigenvalue weighted by atomic mass is 10.1. The molecule has 0 unspecified atom stereocenters. The van der Waals surface area contributed by atoms with Crippen LogP contribution in [0.3, 0.4) is 0 Å². The Morgan fingerprint density at radius 3 is 2.75 bits per heavy atom. The molecule has 1 amide bonds. The molecule has 0 atom stereocenters. The smallest absolute Gasteiger partial charge is 0.291 e. The highest BCUT2D eigenvalue weighted by Crippen LogP contribution is 2.20. The Labute approximate surface area is 123 Å². The number of rotatable bonds is 3. The molecule has 0 aliphatic carbocycles. The fraction of sp³-hybridized carbons (Fsp3) is 0.0769. The average molecular weight is 338 g/mol. The summed E-state index contributed by atoms with van der Waals surface area (Å²) in [5, 5.41) is 14.3. The summed E-state index contributed by atoms with van der Waals surface area (Å²) >= 11 is 3.13. The molecule has 0 bridgehead atoms. The molecule has 0 radical (unpaired) electrons. The summed E-state index contributed by atoms with van der Waals surface area (Å²) in [6, 6.07) is 8.28. The number of furan rings is 1. The summed E-state index contributed by atoms with van der Waals surface area (Å²) in [6.07, 6.45) is 0. The highest BCUT2D eigenvalue weighted by Gasteiger charge is 2.12. The molecular weight excluding hydrogens is 326 g/mol. The summed E-state index contributed by atoms with van der Waals surface area (Å²) in [5.41, 5.74) is 7.44. The van der Waals surface area contributed by atoms with Crippen LogP contribution in [0.2, 0.25) is 0 Å².